The van der Waals surface area contributed by atoms with E-state index in [0.717, 1.165) is 44.6 Å². The molecule has 10 aromatic carbocycles. The van der Waals surface area contributed by atoms with Gasteiger partial charge in [0, 0.05) is 44.2 Å². The Morgan fingerprint density at radius 3 is 1.35 bits per heavy atom. The fourth-order valence-corrected chi connectivity index (χ4v) is 13.0. The van der Waals surface area contributed by atoms with Crippen LogP contribution < -0.4 is 4.90 Å². The largest absolute Gasteiger partial charge is 0.456 e. The second kappa shape index (κ2) is 14.4. The second-order valence-corrected chi connectivity index (χ2v) is 20.4. The highest BCUT2D eigenvalue weighted by Gasteiger charge is 2.48. The monoisotopic (exact) mass is 883 g/mol. The van der Waals surface area contributed by atoms with E-state index in [2.05, 4.69) is 257 Å². The van der Waals surface area contributed by atoms with Crippen LogP contribution in [0.3, 0.4) is 0 Å². The van der Waals surface area contributed by atoms with Crippen molar-refractivity contribution in [1.29, 1.82) is 0 Å². The van der Waals surface area contributed by atoms with Gasteiger partial charge in [-0.2, -0.15) is 0 Å². The Hall–Kier alpha value is -8.20. The lowest BCUT2D eigenvalue weighted by Crippen LogP contribution is -2.28. The second-order valence-electron chi connectivity index (χ2n) is 20.4. The van der Waals surface area contributed by atoms with Crippen LogP contribution in [0, 0.1) is 0 Å². The molecule has 0 unspecified atom stereocenters. The number of rotatable bonds is 6. The van der Waals surface area contributed by atoms with Crippen LogP contribution in [0.25, 0.3) is 66.4 Å². The number of benzene rings is 10. The van der Waals surface area contributed by atoms with E-state index in [1.165, 1.54) is 83.5 Å². The number of hydrogen-bond donors (Lipinski definition) is 0. The van der Waals surface area contributed by atoms with E-state index in [4.69, 9.17) is 4.42 Å². The fourth-order valence-electron chi connectivity index (χ4n) is 13.0. The zero-order valence-electron chi connectivity index (χ0n) is 39.2. The molecule has 0 atom stereocenters. The zero-order valence-corrected chi connectivity index (χ0v) is 39.2. The summed E-state index contributed by atoms with van der Waals surface area (Å²) in [6.07, 6.45) is 0. The summed E-state index contributed by atoms with van der Waals surface area (Å²) in [6, 6.07) is 83.5. The highest BCUT2D eigenvalue weighted by molar-refractivity contribution is 6.19. The molecule has 14 rings (SSSR count). The molecule has 1 aromatic heterocycles. The highest BCUT2D eigenvalue weighted by atomic mass is 16.3. The number of nitrogens with zero attached hydrogens (tertiary/aromatic N) is 1. The highest BCUT2D eigenvalue weighted by Crippen LogP contribution is 2.61. The molecule has 0 bridgehead atoms. The molecule has 2 heteroatoms. The summed E-state index contributed by atoms with van der Waals surface area (Å²) in [6.45, 7) is 9.49. The van der Waals surface area contributed by atoms with Gasteiger partial charge in [-0.25, -0.2) is 0 Å². The van der Waals surface area contributed by atoms with E-state index in [0.29, 0.717) is 0 Å². The summed E-state index contributed by atoms with van der Waals surface area (Å²) in [5, 5.41) is 2.21. The molecule has 2 nitrogen and oxygen atoms in total. The summed E-state index contributed by atoms with van der Waals surface area (Å²) in [4.78, 5) is 2.48. The van der Waals surface area contributed by atoms with E-state index in [1.54, 1.807) is 0 Å². The normalized spacial score (nSPS) is 15.0. The van der Waals surface area contributed by atoms with Gasteiger partial charge in [0.1, 0.15) is 11.2 Å². The Balaban J connectivity index is 1.05. The van der Waals surface area contributed by atoms with Crippen molar-refractivity contribution in [1.82, 2.24) is 0 Å². The lowest BCUT2D eigenvalue weighted by atomic mass is 9.67. The molecular formula is C67H49NO. The van der Waals surface area contributed by atoms with Gasteiger partial charge in [-0.3, -0.25) is 0 Å². The summed E-state index contributed by atoms with van der Waals surface area (Å²) < 4.78 is 7.18. The van der Waals surface area contributed by atoms with Crippen molar-refractivity contribution in [2.45, 2.75) is 43.9 Å². The fraction of sp³-hybridized carbons (Fsp3) is 0.104. The van der Waals surface area contributed by atoms with Crippen LogP contribution in [-0.4, -0.2) is 0 Å². The molecule has 328 valence electrons. The third-order valence-corrected chi connectivity index (χ3v) is 16.1. The van der Waals surface area contributed by atoms with Crippen LogP contribution in [-0.2, 0) is 16.2 Å². The molecule has 0 N–H and O–H groups in total. The lowest BCUT2D eigenvalue weighted by molar-refractivity contribution is 0.660. The van der Waals surface area contributed by atoms with Crippen molar-refractivity contribution in [2.24, 2.45) is 0 Å². The summed E-state index contributed by atoms with van der Waals surface area (Å²) >= 11 is 0. The van der Waals surface area contributed by atoms with Gasteiger partial charge in [0.25, 0.3) is 0 Å². The third-order valence-electron chi connectivity index (χ3n) is 16.1. The molecule has 3 aliphatic rings. The molecule has 0 saturated heterocycles. The van der Waals surface area contributed by atoms with E-state index in [-0.39, 0.29) is 10.8 Å². The first-order chi connectivity index (χ1) is 33.7. The first-order valence-corrected chi connectivity index (χ1v) is 24.3. The quantitative estimate of drug-likeness (QED) is 0.165. The number of fused-ring (bicyclic) bond motifs is 12. The smallest absolute Gasteiger partial charge is 0.136 e. The average Bonchev–Trinajstić information content (AvgIpc) is 4.05. The number of furan rings is 1. The minimum Gasteiger partial charge on any atom is -0.456 e. The maximum atomic E-state index is 7.18. The molecule has 1 heterocycles. The van der Waals surface area contributed by atoms with Crippen LogP contribution >= 0.6 is 0 Å². The van der Waals surface area contributed by atoms with Gasteiger partial charge in [0.2, 0.25) is 0 Å². The first-order valence-electron chi connectivity index (χ1n) is 24.3. The number of anilines is 3. The van der Waals surface area contributed by atoms with Crippen molar-refractivity contribution in [2.75, 3.05) is 4.90 Å². The van der Waals surface area contributed by atoms with Crippen molar-refractivity contribution in [3.8, 4) is 44.5 Å². The predicted molar refractivity (Wildman–Crippen MR) is 286 cm³/mol. The molecule has 0 aliphatic heterocycles. The maximum absolute atomic E-state index is 7.18. The number of hydrogen-bond acceptors (Lipinski definition) is 2. The minimum absolute atomic E-state index is 0.157. The molecular weight excluding hydrogens is 835 g/mol. The SMILES string of the molecule is CC1(C)c2ccccc2-c2ccc(N(c3ccc4c(c3)C(C)(C)c3ccccc3-4)c3ccc4oc5cc6c(c(-c7ccccc7)c5c4c3)-c3ccccc3C6(c3ccccc3)c3ccccc3)cc21. The van der Waals surface area contributed by atoms with Crippen molar-refractivity contribution >= 4 is 39.0 Å². The lowest BCUT2D eigenvalue weighted by Gasteiger charge is -2.34. The van der Waals surface area contributed by atoms with Crippen LogP contribution in [0.1, 0.15) is 72.2 Å². The van der Waals surface area contributed by atoms with Gasteiger partial charge in [-0.15, -0.1) is 0 Å². The Labute approximate surface area is 403 Å². The van der Waals surface area contributed by atoms with Gasteiger partial charge < -0.3 is 9.32 Å². The average molecular weight is 884 g/mol. The van der Waals surface area contributed by atoms with E-state index >= 15 is 0 Å². The summed E-state index contributed by atoms with van der Waals surface area (Å²) in [5.74, 6) is 0. The molecule has 0 saturated carbocycles. The van der Waals surface area contributed by atoms with Gasteiger partial charge in [-0.1, -0.05) is 204 Å². The Morgan fingerprint density at radius 2 is 0.783 bits per heavy atom. The van der Waals surface area contributed by atoms with Gasteiger partial charge in [0.15, 0.2) is 0 Å². The van der Waals surface area contributed by atoms with Crippen LogP contribution in [0.2, 0.25) is 0 Å². The Kier molecular flexibility index (Phi) is 8.33. The Bertz CT molecular complexity index is 3750. The van der Waals surface area contributed by atoms with Gasteiger partial charge in [0.05, 0.1) is 5.41 Å². The third kappa shape index (κ3) is 5.43. The molecule has 0 spiro atoms. The van der Waals surface area contributed by atoms with Gasteiger partial charge in [-0.05, 0) is 132 Å². The van der Waals surface area contributed by atoms with Crippen LogP contribution in [0.4, 0.5) is 17.1 Å². The molecule has 0 fully saturated rings. The minimum atomic E-state index is -0.574. The van der Waals surface area contributed by atoms with Crippen molar-refractivity contribution < 1.29 is 4.42 Å². The summed E-state index contributed by atoms with van der Waals surface area (Å²) in [5.41, 5.74) is 24.7. The molecule has 0 radical (unpaired) electrons. The van der Waals surface area contributed by atoms with Crippen LogP contribution in [0.5, 0.6) is 0 Å². The zero-order chi connectivity index (χ0) is 46.2. The van der Waals surface area contributed by atoms with Crippen molar-refractivity contribution in [3.63, 3.8) is 0 Å². The van der Waals surface area contributed by atoms with E-state index in [1.807, 2.05) is 0 Å². The predicted octanol–water partition coefficient (Wildman–Crippen LogP) is 17.7. The molecule has 0 amide bonds. The van der Waals surface area contributed by atoms with Crippen LogP contribution in [0.15, 0.2) is 229 Å². The molecule has 11 aromatic rings. The Morgan fingerprint density at radius 1 is 0.333 bits per heavy atom. The summed E-state index contributed by atoms with van der Waals surface area (Å²) in [7, 11) is 0. The van der Waals surface area contributed by atoms with Crippen molar-refractivity contribution in [3.05, 3.63) is 269 Å². The topological polar surface area (TPSA) is 16.4 Å². The first kappa shape index (κ1) is 39.9. The maximum Gasteiger partial charge on any atom is 0.136 e. The standard InChI is InChI=1S/C67H49NO/c1-65(2)54-29-17-14-26-48(54)50-35-32-46(39-57(50)65)68(47-33-36-51-49-27-15-18-30-55(49)66(3,4)58(51)40-47)45-34-37-60-53(38-45)64-61(69-60)41-59-63(62(64)42-20-8-5-9-21-42)52-28-16-19-31-56(52)67(59,43-22-10-6-11-23-43)44-24-12-7-13-25-44/h5-41H,1-4H3. The van der Waals surface area contributed by atoms with E-state index in [9.17, 15) is 0 Å². The van der Waals surface area contributed by atoms with E-state index < -0.39 is 5.41 Å². The molecule has 3 aliphatic carbocycles. The molecule has 69 heavy (non-hydrogen) atoms. The van der Waals surface area contributed by atoms with Gasteiger partial charge >= 0.3 is 0 Å².